The highest BCUT2D eigenvalue weighted by Crippen LogP contribution is 2.11. The average Bonchev–Trinajstić information content (AvgIpc) is 3.05. The second kappa shape index (κ2) is 9.78. The van der Waals surface area contributed by atoms with Crippen molar-refractivity contribution in [2.75, 3.05) is 13.1 Å². The Labute approximate surface area is 152 Å². The van der Waals surface area contributed by atoms with E-state index in [1.807, 2.05) is 30.3 Å². The van der Waals surface area contributed by atoms with Gasteiger partial charge in [0, 0.05) is 37.4 Å². The van der Waals surface area contributed by atoms with E-state index >= 15 is 0 Å². The van der Waals surface area contributed by atoms with E-state index < -0.39 is 0 Å². The summed E-state index contributed by atoms with van der Waals surface area (Å²) in [6.07, 6.45) is 6.74. The Bertz CT molecular complexity index is 592. The first-order chi connectivity index (χ1) is 10.2. The van der Waals surface area contributed by atoms with Crippen molar-refractivity contribution < 1.29 is 0 Å². The third-order valence-corrected chi connectivity index (χ3v) is 3.75. The van der Waals surface area contributed by atoms with Gasteiger partial charge in [-0.15, -0.1) is 35.3 Å². The molecule has 2 rings (SSSR count). The summed E-state index contributed by atoms with van der Waals surface area (Å²) in [5.74, 6) is 0.828. The number of nitrogens with one attached hydrogen (secondary N) is 2. The van der Waals surface area contributed by atoms with Crippen LogP contribution in [0.2, 0.25) is 0 Å². The zero-order chi connectivity index (χ0) is 15.1. The van der Waals surface area contributed by atoms with Gasteiger partial charge in [0.2, 0.25) is 0 Å². The summed E-state index contributed by atoms with van der Waals surface area (Å²) in [5, 5.41) is 11.8. The first-order valence-electron chi connectivity index (χ1n) is 7.08. The van der Waals surface area contributed by atoms with Crippen molar-refractivity contribution in [3.8, 4) is 0 Å². The molecule has 0 saturated heterocycles. The molecule has 0 fully saturated rings. The van der Waals surface area contributed by atoms with Crippen LogP contribution in [0.25, 0.3) is 0 Å². The second-order valence-corrected chi connectivity index (χ2v) is 6.08. The summed E-state index contributed by atoms with van der Waals surface area (Å²) in [6.45, 7) is 6.40. The highest BCUT2D eigenvalue weighted by Gasteiger charge is 2.01. The van der Waals surface area contributed by atoms with Gasteiger partial charge in [-0.05, 0) is 25.8 Å². The van der Waals surface area contributed by atoms with Crippen molar-refractivity contribution in [3.05, 3.63) is 34.0 Å². The highest BCUT2D eigenvalue weighted by molar-refractivity contribution is 14.0. The quantitative estimate of drug-likeness (QED) is 0.415. The van der Waals surface area contributed by atoms with Crippen LogP contribution >= 0.6 is 35.3 Å². The summed E-state index contributed by atoms with van der Waals surface area (Å²) in [7, 11) is 1.93. The normalized spacial score (nSPS) is 11.1. The van der Waals surface area contributed by atoms with Gasteiger partial charge in [-0.25, -0.2) is 9.98 Å². The SMILES string of the molecule is CCNC(=NCc1ncc(C)s1)NCCc1cnn(C)c1.I. The Balaban J connectivity index is 0.00000242. The molecule has 0 spiro atoms. The van der Waals surface area contributed by atoms with Crippen molar-refractivity contribution in [1.29, 1.82) is 0 Å². The topological polar surface area (TPSA) is 67.1 Å². The van der Waals surface area contributed by atoms with Gasteiger partial charge in [-0.2, -0.15) is 5.10 Å². The number of hydrogen-bond donors (Lipinski definition) is 2. The molecular formula is C14H23IN6S. The Morgan fingerprint density at radius 3 is 2.77 bits per heavy atom. The molecular weight excluding hydrogens is 411 g/mol. The van der Waals surface area contributed by atoms with Crippen molar-refractivity contribution in [2.24, 2.45) is 12.0 Å². The van der Waals surface area contributed by atoms with Crippen LogP contribution in [0.4, 0.5) is 0 Å². The Hall–Kier alpha value is -1.16. The van der Waals surface area contributed by atoms with Gasteiger partial charge in [0.25, 0.3) is 0 Å². The van der Waals surface area contributed by atoms with E-state index in [2.05, 4.69) is 39.6 Å². The van der Waals surface area contributed by atoms with Gasteiger partial charge in [0.1, 0.15) is 5.01 Å². The van der Waals surface area contributed by atoms with E-state index in [1.54, 1.807) is 11.3 Å². The van der Waals surface area contributed by atoms with Crippen molar-refractivity contribution in [2.45, 2.75) is 26.8 Å². The zero-order valence-corrected chi connectivity index (χ0v) is 16.3. The second-order valence-electron chi connectivity index (χ2n) is 4.76. The van der Waals surface area contributed by atoms with Crippen LogP contribution in [0.1, 0.15) is 22.4 Å². The number of nitrogens with zero attached hydrogens (tertiary/aromatic N) is 4. The number of aliphatic imine (C=N–C) groups is 1. The molecule has 2 heterocycles. The lowest BCUT2D eigenvalue weighted by Crippen LogP contribution is -2.38. The van der Waals surface area contributed by atoms with E-state index in [1.165, 1.54) is 10.4 Å². The van der Waals surface area contributed by atoms with Gasteiger partial charge in [0.05, 0.1) is 12.7 Å². The van der Waals surface area contributed by atoms with Crippen LogP contribution < -0.4 is 10.6 Å². The van der Waals surface area contributed by atoms with Gasteiger partial charge >= 0.3 is 0 Å². The zero-order valence-electron chi connectivity index (χ0n) is 13.2. The van der Waals surface area contributed by atoms with Gasteiger partial charge in [0.15, 0.2) is 5.96 Å². The first-order valence-corrected chi connectivity index (χ1v) is 7.90. The Kier molecular flexibility index (Phi) is 8.39. The minimum Gasteiger partial charge on any atom is -0.357 e. The van der Waals surface area contributed by atoms with Crippen LogP contribution in [0, 0.1) is 6.92 Å². The molecule has 0 bridgehead atoms. The van der Waals surface area contributed by atoms with E-state index in [-0.39, 0.29) is 24.0 Å². The van der Waals surface area contributed by atoms with Crippen LogP contribution in [0.15, 0.2) is 23.6 Å². The number of rotatable bonds is 6. The van der Waals surface area contributed by atoms with Crippen molar-refractivity contribution in [3.63, 3.8) is 0 Å². The molecule has 0 unspecified atom stereocenters. The maximum absolute atomic E-state index is 4.55. The van der Waals surface area contributed by atoms with Gasteiger partial charge in [-0.1, -0.05) is 0 Å². The molecule has 2 aromatic rings. The minimum atomic E-state index is 0. The van der Waals surface area contributed by atoms with Crippen LogP contribution in [0.3, 0.4) is 0 Å². The molecule has 0 aromatic carbocycles. The molecule has 2 N–H and O–H groups in total. The van der Waals surface area contributed by atoms with Gasteiger partial charge in [-0.3, -0.25) is 4.68 Å². The predicted molar refractivity (Wildman–Crippen MR) is 102 cm³/mol. The van der Waals surface area contributed by atoms with Gasteiger partial charge < -0.3 is 10.6 Å². The molecule has 8 heteroatoms. The number of aromatic nitrogens is 3. The third-order valence-electron chi connectivity index (χ3n) is 2.85. The smallest absolute Gasteiger partial charge is 0.191 e. The largest absolute Gasteiger partial charge is 0.357 e. The fraction of sp³-hybridized carbons (Fsp3) is 0.500. The first kappa shape index (κ1) is 18.9. The highest BCUT2D eigenvalue weighted by atomic mass is 127. The van der Waals surface area contributed by atoms with Crippen molar-refractivity contribution >= 4 is 41.3 Å². The molecule has 0 radical (unpaired) electrons. The lowest BCUT2D eigenvalue weighted by Gasteiger charge is -2.10. The Morgan fingerprint density at radius 1 is 1.36 bits per heavy atom. The average molecular weight is 434 g/mol. The van der Waals surface area contributed by atoms with E-state index in [0.29, 0.717) is 6.54 Å². The summed E-state index contributed by atoms with van der Waals surface area (Å²) in [5.41, 5.74) is 1.22. The fourth-order valence-corrected chi connectivity index (χ4v) is 2.60. The van der Waals surface area contributed by atoms with Crippen LogP contribution in [0.5, 0.6) is 0 Å². The van der Waals surface area contributed by atoms with Crippen LogP contribution in [-0.4, -0.2) is 33.8 Å². The monoisotopic (exact) mass is 434 g/mol. The number of thiazole rings is 1. The molecule has 0 amide bonds. The molecule has 2 aromatic heterocycles. The van der Waals surface area contributed by atoms with E-state index in [4.69, 9.17) is 0 Å². The van der Waals surface area contributed by atoms with Crippen molar-refractivity contribution in [1.82, 2.24) is 25.4 Å². The minimum absolute atomic E-state index is 0. The summed E-state index contributed by atoms with van der Waals surface area (Å²) in [4.78, 5) is 10.1. The van der Waals surface area contributed by atoms with E-state index in [0.717, 1.165) is 30.5 Å². The molecule has 0 aliphatic rings. The maximum atomic E-state index is 4.55. The third kappa shape index (κ3) is 6.30. The maximum Gasteiger partial charge on any atom is 0.191 e. The standard InChI is InChI=1S/C14H22N6S.HI/c1-4-15-14(18-9-13-17-7-11(2)21-13)16-6-5-12-8-19-20(3)10-12;/h7-8,10H,4-6,9H2,1-3H3,(H2,15,16,18);1H. The predicted octanol–water partition coefficient (Wildman–Crippen LogP) is 2.10. The summed E-state index contributed by atoms with van der Waals surface area (Å²) in [6, 6.07) is 0. The molecule has 0 atom stereocenters. The number of hydrogen-bond acceptors (Lipinski definition) is 4. The number of guanidine groups is 1. The Morgan fingerprint density at radius 2 is 2.18 bits per heavy atom. The molecule has 122 valence electrons. The van der Waals surface area contributed by atoms with Crippen LogP contribution in [-0.2, 0) is 20.0 Å². The molecule has 0 saturated carbocycles. The molecule has 0 aliphatic heterocycles. The van der Waals surface area contributed by atoms with E-state index in [9.17, 15) is 0 Å². The fourth-order valence-electron chi connectivity index (χ4n) is 1.89. The summed E-state index contributed by atoms with van der Waals surface area (Å²) >= 11 is 1.69. The number of halogens is 1. The lowest BCUT2D eigenvalue weighted by atomic mass is 10.2. The molecule has 6 nitrogen and oxygen atoms in total. The lowest BCUT2D eigenvalue weighted by molar-refractivity contribution is 0.765. The molecule has 0 aliphatic carbocycles. The summed E-state index contributed by atoms with van der Waals surface area (Å²) < 4.78 is 1.82. The molecule has 22 heavy (non-hydrogen) atoms. The number of aryl methyl sites for hydroxylation is 2.